The normalized spacial score (nSPS) is 12.1. The predicted molar refractivity (Wildman–Crippen MR) is 63.5 cm³/mol. The highest BCUT2D eigenvalue weighted by Crippen LogP contribution is 2.25. The van der Waals surface area contributed by atoms with Gasteiger partial charge in [-0.1, -0.05) is 18.2 Å². The van der Waals surface area contributed by atoms with Crippen LogP contribution in [-0.2, 0) is 16.6 Å². The average molecular weight is 241 g/mol. The number of nitrogens with one attached hydrogen (secondary N) is 1. The van der Waals surface area contributed by atoms with Crippen LogP contribution in [0.4, 0.5) is 0 Å². The molecule has 5 heteroatoms. The molecule has 0 amide bonds. The molecule has 0 aliphatic heterocycles. The van der Waals surface area contributed by atoms with Gasteiger partial charge < -0.3 is 0 Å². The molecule has 2 aromatic rings. The van der Waals surface area contributed by atoms with Gasteiger partial charge in [-0.2, -0.15) is 0 Å². The van der Waals surface area contributed by atoms with Crippen LogP contribution in [0, 0.1) is 0 Å². The van der Waals surface area contributed by atoms with Crippen molar-refractivity contribution in [3.63, 3.8) is 0 Å². The van der Waals surface area contributed by atoms with Crippen LogP contribution in [0.2, 0.25) is 0 Å². The minimum atomic E-state index is -3.11. The zero-order valence-corrected chi connectivity index (χ0v) is 9.86. The number of thiophene rings is 1. The summed E-state index contributed by atoms with van der Waals surface area (Å²) in [6.07, 6.45) is 1.17. The molecule has 0 saturated carbocycles. The van der Waals surface area contributed by atoms with Crippen LogP contribution in [0.15, 0.2) is 29.6 Å². The largest absolute Gasteiger partial charge is 0.213 e. The third-order valence-electron chi connectivity index (χ3n) is 2.09. The van der Waals surface area contributed by atoms with E-state index in [2.05, 4.69) is 4.72 Å². The zero-order chi connectivity index (χ0) is 10.9. The van der Waals surface area contributed by atoms with Crippen molar-refractivity contribution >= 4 is 31.4 Å². The zero-order valence-electron chi connectivity index (χ0n) is 8.23. The molecule has 3 nitrogen and oxygen atoms in total. The van der Waals surface area contributed by atoms with E-state index in [1.807, 2.05) is 29.6 Å². The van der Waals surface area contributed by atoms with E-state index in [4.69, 9.17) is 0 Å². The molecule has 1 N–H and O–H groups in total. The monoisotopic (exact) mass is 241 g/mol. The topological polar surface area (TPSA) is 46.2 Å². The molecule has 2 rings (SSSR count). The van der Waals surface area contributed by atoms with Crippen LogP contribution in [0.25, 0.3) is 10.1 Å². The molecule has 1 heterocycles. The summed E-state index contributed by atoms with van der Waals surface area (Å²) in [5.74, 6) is 0. The highest BCUT2D eigenvalue weighted by Gasteiger charge is 2.05. The Kier molecular flexibility index (Phi) is 2.77. The van der Waals surface area contributed by atoms with Gasteiger partial charge in [-0.25, -0.2) is 13.1 Å². The highest BCUT2D eigenvalue weighted by molar-refractivity contribution is 7.88. The Morgan fingerprint density at radius 1 is 1.33 bits per heavy atom. The number of hydrogen-bond donors (Lipinski definition) is 1. The number of rotatable bonds is 3. The fourth-order valence-corrected chi connectivity index (χ4v) is 2.76. The first kappa shape index (κ1) is 10.6. The van der Waals surface area contributed by atoms with Crippen molar-refractivity contribution < 1.29 is 8.42 Å². The molecule has 0 saturated heterocycles. The molecule has 0 aliphatic rings. The molecule has 80 valence electrons. The molecule has 1 aromatic heterocycles. The molecular weight excluding hydrogens is 230 g/mol. The van der Waals surface area contributed by atoms with Crippen LogP contribution in [0.1, 0.15) is 5.56 Å². The van der Waals surface area contributed by atoms with Crippen molar-refractivity contribution in [2.75, 3.05) is 6.26 Å². The molecule has 0 fully saturated rings. The first-order valence-electron chi connectivity index (χ1n) is 4.46. The quantitative estimate of drug-likeness (QED) is 0.892. The van der Waals surface area contributed by atoms with E-state index < -0.39 is 10.0 Å². The minimum absolute atomic E-state index is 0.364. The molecule has 0 spiro atoms. The van der Waals surface area contributed by atoms with Crippen molar-refractivity contribution in [3.8, 4) is 0 Å². The first-order chi connectivity index (χ1) is 7.06. The molecular formula is C10H11NO2S2. The Balaban J connectivity index is 2.29. The van der Waals surface area contributed by atoms with Crippen LogP contribution in [-0.4, -0.2) is 14.7 Å². The molecule has 15 heavy (non-hydrogen) atoms. The Morgan fingerprint density at radius 3 is 2.80 bits per heavy atom. The fraction of sp³-hybridized carbons (Fsp3) is 0.200. The van der Waals surface area contributed by atoms with Gasteiger partial charge >= 0.3 is 0 Å². The Morgan fingerprint density at radius 2 is 2.07 bits per heavy atom. The van der Waals surface area contributed by atoms with E-state index in [1.54, 1.807) is 11.3 Å². The summed E-state index contributed by atoms with van der Waals surface area (Å²) in [6, 6.07) is 7.97. The maximum Gasteiger partial charge on any atom is 0.209 e. The van der Waals surface area contributed by atoms with Crippen LogP contribution in [0.5, 0.6) is 0 Å². The van der Waals surface area contributed by atoms with Gasteiger partial charge in [0.15, 0.2) is 0 Å². The van der Waals surface area contributed by atoms with Gasteiger partial charge in [0.05, 0.1) is 6.26 Å². The number of sulfonamides is 1. The van der Waals surface area contributed by atoms with Gasteiger partial charge in [0.2, 0.25) is 10.0 Å². The van der Waals surface area contributed by atoms with Gasteiger partial charge in [-0.15, -0.1) is 11.3 Å². The summed E-state index contributed by atoms with van der Waals surface area (Å²) in [4.78, 5) is 0. The Labute approximate surface area is 92.8 Å². The Bertz CT molecular complexity index is 572. The van der Waals surface area contributed by atoms with Crippen molar-refractivity contribution in [1.29, 1.82) is 0 Å². The molecule has 0 aliphatic carbocycles. The van der Waals surface area contributed by atoms with Crippen molar-refractivity contribution in [2.45, 2.75) is 6.54 Å². The van der Waals surface area contributed by atoms with Gasteiger partial charge in [0.1, 0.15) is 0 Å². The second-order valence-electron chi connectivity index (χ2n) is 3.35. The van der Waals surface area contributed by atoms with Gasteiger partial charge in [-0.05, 0) is 22.4 Å². The number of fused-ring (bicyclic) bond motifs is 1. The van der Waals surface area contributed by atoms with E-state index in [1.165, 1.54) is 11.0 Å². The summed E-state index contributed by atoms with van der Waals surface area (Å²) < 4.78 is 25.6. The smallest absolute Gasteiger partial charge is 0.209 e. The summed E-state index contributed by atoms with van der Waals surface area (Å²) in [5, 5.41) is 3.11. The molecule has 0 radical (unpaired) electrons. The molecule has 1 aromatic carbocycles. The molecule has 0 atom stereocenters. The highest BCUT2D eigenvalue weighted by atomic mass is 32.2. The van der Waals surface area contributed by atoms with Crippen LogP contribution >= 0.6 is 11.3 Å². The molecule has 0 unspecified atom stereocenters. The van der Waals surface area contributed by atoms with E-state index >= 15 is 0 Å². The number of hydrogen-bond acceptors (Lipinski definition) is 3. The first-order valence-corrected chi connectivity index (χ1v) is 7.23. The van der Waals surface area contributed by atoms with Crippen molar-refractivity contribution in [3.05, 3.63) is 35.2 Å². The maximum absolute atomic E-state index is 11.0. The van der Waals surface area contributed by atoms with E-state index in [0.717, 1.165) is 10.9 Å². The second kappa shape index (κ2) is 3.92. The summed E-state index contributed by atoms with van der Waals surface area (Å²) in [7, 11) is -3.11. The van der Waals surface area contributed by atoms with Gasteiger partial charge in [0.25, 0.3) is 0 Å². The average Bonchev–Trinajstić information content (AvgIpc) is 2.57. The lowest BCUT2D eigenvalue weighted by Crippen LogP contribution is -2.20. The summed E-state index contributed by atoms with van der Waals surface area (Å²) in [6.45, 7) is 0.364. The summed E-state index contributed by atoms with van der Waals surface area (Å²) in [5.41, 5.74) is 1.03. The van der Waals surface area contributed by atoms with Crippen LogP contribution < -0.4 is 4.72 Å². The third-order valence-corrected chi connectivity index (χ3v) is 3.77. The second-order valence-corrected chi connectivity index (χ2v) is 6.09. The SMILES string of the molecule is CS(=O)(=O)NCc1csc2ccccc12. The standard InChI is InChI=1S/C10H11NO2S2/c1-15(12,13)11-6-8-7-14-10-5-3-2-4-9(8)10/h2-5,7,11H,6H2,1H3. The lowest BCUT2D eigenvalue weighted by Gasteiger charge is -2.00. The molecule has 0 bridgehead atoms. The Hall–Kier alpha value is -0.910. The number of benzene rings is 1. The van der Waals surface area contributed by atoms with E-state index in [0.29, 0.717) is 6.54 Å². The lowest BCUT2D eigenvalue weighted by molar-refractivity contribution is 0.588. The van der Waals surface area contributed by atoms with Crippen molar-refractivity contribution in [1.82, 2.24) is 4.72 Å². The van der Waals surface area contributed by atoms with Gasteiger partial charge in [0, 0.05) is 11.2 Å². The summed E-state index contributed by atoms with van der Waals surface area (Å²) >= 11 is 1.63. The van der Waals surface area contributed by atoms with E-state index in [9.17, 15) is 8.42 Å². The van der Waals surface area contributed by atoms with Crippen molar-refractivity contribution in [2.24, 2.45) is 0 Å². The minimum Gasteiger partial charge on any atom is -0.213 e. The third kappa shape index (κ3) is 2.56. The van der Waals surface area contributed by atoms with Gasteiger partial charge in [-0.3, -0.25) is 0 Å². The predicted octanol–water partition coefficient (Wildman–Crippen LogP) is 1.95. The maximum atomic E-state index is 11.0. The van der Waals surface area contributed by atoms with Crippen LogP contribution in [0.3, 0.4) is 0 Å². The van der Waals surface area contributed by atoms with E-state index in [-0.39, 0.29) is 0 Å². The lowest BCUT2D eigenvalue weighted by atomic mass is 10.2. The fourth-order valence-electron chi connectivity index (χ4n) is 1.38.